The second-order valence-electron chi connectivity index (χ2n) is 3.42. The van der Waals surface area contributed by atoms with Gasteiger partial charge in [-0.05, 0) is 20.0 Å². The van der Waals surface area contributed by atoms with E-state index in [9.17, 15) is 13.2 Å². The molecule has 1 aliphatic rings. The minimum atomic E-state index is -4.51. The van der Waals surface area contributed by atoms with Gasteiger partial charge in [0.25, 0.3) is 0 Å². The Hall–Kier alpha value is -0.330. The molecule has 1 aliphatic heterocycles. The standard InChI is InChI=1S/C8H15F3N2O/c1-13(7-2-3-12-6-7)4-5-14-8(9,10)11/h7,12H,2-6H2,1H3. The lowest BCUT2D eigenvalue weighted by atomic mass is 10.2. The number of hydrogen-bond donors (Lipinski definition) is 1. The van der Waals surface area contributed by atoms with Crippen LogP contribution in [-0.4, -0.2) is 50.6 Å². The average molecular weight is 212 g/mol. The second-order valence-corrected chi connectivity index (χ2v) is 3.42. The number of hydrogen-bond acceptors (Lipinski definition) is 3. The first-order chi connectivity index (χ1) is 6.49. The molecular weight excluding hydrogens is 197 g/mol. The van der Waals surface area contributed by atoms with Gasteiger partial charge in [0.05, 0.1) is 6.61 Å². The largest absolute Gasteiger partial charge is 0.522 e. The zero-order valence-corrected chi connectivity index (χ0v) is 8.10. The lowest BCUT2D eigenvalue weighted by molar-refractivity contribution is -0.325. The summed E-state index contributed by atoms with van der Waals surface area (Å²) in [6.45, 7) is 1.81. The van der Waals surface area contributed by atoms with Crippen molar-refractivity contribution in [3.8, 4) is 0 Å². The van der Waals surface area contributed by atoms with Crippen molar-refractivity contribution in [2.75, 3.05) is 33.3 Å². The molecule has 0 aromatic carbocycles. The summed E-state index contributed by atoms with van der Waals surface area (Å²) in [6, 6.07) is 0.340. The number of halogens is 3. The van der Waals surface area contributed by atoms with Crippen molar-refractivity contribution in [2.24, 2.45) is 0 Å². The molecule has 14 heavy (non-hydrogen) atoms. The third-order valence-corrected chi connectivity index (χ3v) is 2.37. The van der Waals surface area contributed by atoms with E-state index in [4.69, 9.17) is 0 Å². The first-order valence-corrected chi connectivity index (χ1v) is 4.60. The van der Waals surface area contributed by atoms with Crippen LogP contribution in [0.3, 0.4) is 0 Å². The van der Waals surface area contributed by atoms with Crippen LogP contribution in [0, 0.1) is 0 Å². The van der Waals surface area contributed by atoms with E-state index in [2.05, 4.69) is 10.1 Å². The molecule has 1 heterocycles. The number of likely N-dealkylation sites (N-methyl/N-ethyl adjacent to an activating group) is 1. The van der Waals surface area contributed by atoms with E-state index in [0.717, 1.165) is 19.5 Å². The summed E-state index contributed by atoms with van der Waals surface area (Å²) in [5.41, 5.74) is 0. The molecule has 1 unspecified atom stereocenters. The van der Waals surface area contributed by atoms with Crippen molar-refractivity contribution < 1.29 is 17.9 Å². The van der Waals surface area contributed by atoms with Gasteiger partial charge in [0.1, 0.15) is 0 Å². The smallest absolute Gasteiger partial charge is 0.315 e. The van der Waals surface area contributed by atoms with Gasteiger partial charge in [-0.1, -0.05) is 0 Å². The molecule has 0 saturated carbocycles. The Morgan fingerprint density at radius 3 is 2.71 bits per heavy atom. The fourth-order valence-corrected chi connectivity index (χ4v) is 1.50. The molecule has 1 N–H and O–H groups in total. The van der Waals surface area contributed by atoms with E-state index < -0.39 is 6.36 Å². The Kier molecular flexibility index (Phi) is 4.15. The van der Waals surface area contributed by atoms with Crippen LogP contribution in [0.5, 0.6) is 0 Å². The summed E-state index contributed by atoms with van der Waals surface area (Å²) in [7, 11) is 1.82. The van der Waals surface area contributed by atoms with Gasteiger partial charge >= 0.3 is 6.36 Å². The molecule has 0 radical (unpaired) electrons. The molecule has 0 amide bonds. The summed E-state index contributed by atoms with van der Waals surface area (Å²) in [5.74, 6) is 0. The molecule has 0 spiro atoms. The highest BCUT2D eigenvalue weighted by Crippen LogP contribution is 2.16. The highest BCUT2D eigenvalue weighted by atomic mass is 19.4. The van der Waals surface area contributed by atoms with Crippen LogP contribution in [0.25, 0.3) is 0 Å². The summed E-state index contributed by atoms with van der Waals surface area (Å²) in [5, 5.41) is 3.16. The highest BCUT2D eigenvalue weighted by molar-refractivity contribution is 4.78. The van der Waals surface area contributed by atoms with Gasteiger partial charge in [-0.25, -0.2) is 0 Å². The Morgan fingerprint density at radius 2 is 2.21 bits per heavy atom. The monoisotopic (exact) mass is 212 g/mol. The fraction of sp³-hybridized carbons (Fsp3) is 1.00. The van der Waals surface area contributed by atoms with Crippen LogP contribution in [0.15, 0.2) is 0 Å². The van der Waals surface area contributed by atoms with Gasteiger partial charge in [0.2, 0.25) is 0 Å². The molecule has 0 bridgehead atoms. The number of alkyl halides is 3. The molecule has 0 aromatic rings. The highest BCUT2D eigenvalue weighted by Gasteiger charge is 2.29. The molecule has 0 aliphatic carbocycles. The zero-order valence-electron chi connectivity index (χ0n) is 8.10. The number of nitrogens with zero attached hydrogens (tertiary/aromatic N) is 1. The number of ether oxygens (including phenoxy) is 1. The van der Waals surface area contributed by atoms with E-state index in [1.165, 1.54) is 0 Å². The Bertz CT molecular complexity index is 168. The maximum atomic E-state index is 11.6. The lowest BCUT2D eigenvalue weighted by Crippen LogP contribution is -2.36. The number of nitrogens with one attached hydrogen (secondary N) is 1. The van der Waals surface area contributed by atoms with Crippen LogP contribution in [0.1, 0.15) is 6.42 Å². The lowest BCUT2D eigenvalue weighted by Gasteiger charge is -2.23. The minimum Gasteiger partial charge on any atom is -0.315 e. The molecule has 84 valence electrons. The zero-order chi connectivity index (χ0) is 10.6. The first kappa shape index (κ1) is 11.7. The van der Waals surface area contributed by atoms with Crippen molar-refractivity contribution in [1.29, 1.82) is 0 Å². The fourth-order valence-electron chi connectivity index (χ4n) is 1.50. The van der Waals surface area contributed by atoms with Crippen molar-refractivity contribution >= 4 is 0 Å². The van der Waals surface area contributed by atoms with Crippen molar-refractivity contribution in [3.05, 3.63) is 0 Å². The predicted octanol–water partition coefficient (Wildman–Crippen LogP) is 0.817. The molecule has 0 aromatic heterocycles. The van der Waals surface area contributed by atoms with Gasteiger partial charge < -0.3 is 5.32 Å². The molecular formula is C8H15F3N2O. The van der Waals surface area contributed by atoms with Gasteiger partial charge in [-0.2, -0.15) is 0 Å². The molecule has 6 heteroatoms. The number of rotatable bonds is 4. The second kappa shape index (κ2) is 4.95. The van der Waals surface area contributed by atoms with E-state index in [0.29, 0.717) is 12.6 Å². The summed E-state index contributed by atoms with van der Waals surface area (Å²) in [6.07, 6.45) is -3.52. The summed E-state index contributed by atoms with van der Waals surface area (Å²) in [4.78, 5) is 1.89. The third kappa shape index (κ3) is 4.26. The van der Waals surface area contributed by atoms with E-state index in [-0.39, 0.29) is 6.61 Å². The molecule has 1 saturated heterocycles. The summed E-state index contributed by atoms with van der Waals surface area (Å²) >= 11 is 0. The SMILES string of the molecule is CN(CCOC(F)(F)F)C1CCNC1. The van der Waals surface area contributed by atoms with Gasteiger partial charge in [-0.3, -0.25) is 9.64 Å². The van der Waals surface area contributed by atoms with Crippen LogP contribution < -0.4 is 5.32 Å². The van der Waals surface area contributed by atoms with Crippen molar-refractivity contribution in [1.82, 2.24) is 10.2 Å². The van der Waals surface area contributed by atoms with Gasteiger partial charge in [-0.15, -0.1) is 13.2 Å². The van der Waals surface area contributed by atoms with Crippen molar-refractivity contribution in [2.45, 2.75) is 18.8 Å². The maximum absolute atomic E-state index is 11.6. The first-order valence-electron chi connectivity index (χ1n) is 4.60. The van der Waals surface area contributed by atoms with Crippen LogP contribution in [0.4, 0.5) is 13.2 Å². The Labute approximate surface area is 81.2 Å². The molecule has 1 rings (SSSR count). The van der Waals surface area contributed by atoms with E-state index >= 15 is 0 Å². The molecule has 1 atom stereocenters. The normalized spacial score (nSPS) is 23.4. The Balaban J connectivity index is 2.11. The summed E-state index contributed by atoms with van der Waals surface area (Å²) < 4.78 is 38.6. The van der Waals surface area contributed by atoms with E-state index in [1.54, 1.807) is 0 Å². The van der Waals surface area contributed by atoms with Crippen LogP contribution in [-0.2, 0) is 4.74 Å². The minimum absolute atomic E-state index is 0.295. The maximum Gasteiger partial charge on any atom is 0.522 e. The van der Waals surface area contributed by atoms with Crippen LogP contribution >= 0.6 is 0 Å². The predicted molar refractivity (Wildman–Crippen MR) is 45.9 cm³/mol. The van der Waals surface area contributed by atoms with Crippen LogP contribution in [0.2, 0.25) is 0 Å². The van der Waals surface area contributed by atoms with Crippen molar-refractivity contribution in [3.63, 3.8) is 0 Å². The van der Waals surface area contributed by atoms with E-state index in [1.807, 2.05) is 11.9 Å². The Morgan fingerprint density at radius 1 is 1.50 bits per heavy atom. The van der Waals surface area contributed by atoms with Gasteiger partial charge in [0, 0.05) is 19.1 Å². The third-order valence-electron chi connectivity index (χ3n) is 2.37. The van der Waals surface area contributed by atoms with Gasteiger partial charge in [0.15, 0.2) is 0 Å². The molecule has 3 nitrogen and oxygen atoms in total. The molecule has 1 fully saturated rings. The average Bonchev–Trinajstić information content (AvgIpc) is 2.53. The quantitative estimate of drug-likeness (QED) is 0.746. The topological polar surface area (TPSA) is 24.5 Å².